The summed E-state index contributed by atoms with van der Waals surface area (Å²) in [7, 11) is -3.85. The van der Waals surface area contributed by atoms with E-state index in [4.69, 9.17) is 11.6 Å². The highest BCUT2D eigenvalue weighted by molar-refractivity contribution is 7.89. The van der Waals surface area contributed by atoms with Crippen LogP contribution in [0.4, 0.5) is 0 Å². The number of nitrogens with zero attached hydrogens (tertiary/aromatic N) is 3. The molecule has 1 aliphatic heterocycles. The number of aryl methyl sites for hydroxylation is 1. The van der Waals surface area contributed by atoms with Gasteiger partial charge in [0.2, 0.25) is 15.9 Å². The monoisotopic (exact) mass is 449 g/mol. The van der Waals surface area contributed by atoms with Crippen LogP contribution in [0.2, 0.25) is 5.02 Å². The van der Waals surface area contributed by atoms with E-state index in [-0.39, 0.29) is 23.9 Å². The van der Waals surface area contributed by atoms with Crippen molar-refractivity contribution in [2.24, 2.45) is 0 Å². The van der Waals surface area contributed by atoms with Crippen LogP contribution < -0.4 is 0 Å². The number of carbonyl (C=O) groups is 1. The van der Waals surface area contributed by atoms with Gasteiger partial charge in [-0.15, -0.1) is 0 Å². The maximum Gasteiger partial charge on any atom is 0.243 e. The minimum absolute atomic E-state index is 0.0808. The van der Waals surface area contributed by atoms with Crippen molar-refractivity contribution < 1.29 is 13.2 Å². The van der Waals surface area contributed by atoms with Gasteiger partial charge in [-0.25, -0.2) is 8.42 Å². The summed E-state index contributed by atoms with van der Waals surface area (Å²) in [6, 6.07) is 13.7. The topological polar surface area (TPSA) is 60.9 Å². The molecule has 1 amide bonds. The van der Waals surface area contributed by atoms with E-state index in [1.165, 1.54) is 4.31 Å². The molecule has 2 aromatic carbocycles. The smallest absolute Gasteiger partial charge is 0.243 e. The zero-order valence-corrected chi connectivity index (χ0v) is 19.0. The summed E-state index contributed by atoms with van der Waals surface area (Å²) in [5.41, 5.74) is 1.71. The molecule has 1 heterocycles. The van der Waals surface area contributed by atoms with E-state index in [1.807, 2.05) is 13.0 Å². The molecule has 0 spiro atoms. The van der Waals surface area contributed by atoms with Gasteiger partial charge >= 0.3 is 0 Å². The van der Waals surface area contributed by atoms with Crippen LogP contribution >= 0.6 is 11.6 Å². The molecule has 0 unspecified atom stereocenters. The van der Waals surface area contributed by atoms with Crippen LogP contribution in [0.1, 0.15) is 18.1 Å². The van der Waals surface area contributed by atoms with Crippen LogP contribution in [0.3, 0.4) is 0 Å². The molecule has 0 radical (unpaired) electrons. The van der Waals surface area contributed by atoms with Crippen LogP contribution in [-0.4, -0.2) is 67.7 Å². The third kappa shape index (κ3) is 5.60. The number of piperazine rings is 1. The molecule has 0 bridgehead atoms. The number of carbonyl (C=O) groups excluding carboxylic acids is 1. The molecule has 1 aliphatic rings. The maximum absolute atomic E-state index is 13.4. The van der Waals surface area contributed by atoms with Crippen molar-refractivity contribution in [2.45, 2.75) is 25.3 Å². The second kappa shape index (κ2) is 9.92. The lowest BCUT2D eigenvalue weighted by molar-refractivity contribution is -0.133. The van der Waals surface area contributed by atoms with E-state index >= 15 is 0 Å². The van der Waals surface area contributed by atoms with Gasteiger partial charge in [0.25, 0.3) is 0 Å². The number of sulfonamides is 1. The van der Waals surface area contributed by atoms with Gasteiger partial charge in [0.1, 0.15) is 0 Å². The summed E-state index contributed by atoms with van der Waals surface area (Å²) in [6.07, 6.45) is 0. The molecule has 30 heavy (non-hydrogen) atoms. The fraction of sp³-hybridized carbons (Fsp3) is 0.409. The van der Waals surface area contributed by atoms with Crippen molar-refractivity contribution in [1.29, 1.82) is 0 Å². The molecule has 0 aromatic heterocycles. The second-order valence-corrected chi connectivity index (χ2v) is 9.91. The Bertz CT molecular complexity index is 971. The third-order valence-electron chi connectivity index (χ3n) is 5.39. The SMILES string of the molecule is CCN1CCN(C(=O)CN(Cc2cccc(Cl)c2)S(=O)(=O)c2ccc(C)cc2)CC1. The van der Waals surface area contributed by atoms with Crippen molar-refractivity contribution in [3.63, 3.8) is 0 Å². The summed E-state index contributed by atoms with van der Waals surface area (Å²) in [5.74, 6) is -0.177. The predicted octanol–water partition coefficient (Wildman–Crippen LogP) is 3.00. The van der Waals surface area contributed by atoms with Crippen molar-refractivity contribution >= 4 is 27.5 Å². The van der Waals surface area contributed by atoms with Gasteiger partial charge in [-0.2, -0.15) is 4.31 Å². The predicted molar refractivity (Wildman–Crippen MR) is 119 cm³/mol. The van der Waals surface area contributed by atoms with E-state index in [0.717, 1.165) is 30.8 Å². The summed E-state index contributed by atoms with van der Waals surface area (Å²) in [4.78, 5) is 17.2. The number of halogens is 1. The Morgan fingerprint density at radius 2 is 1.73 bits per heavy atom. The zero-order chi connectivity index (χ0) is 21.7. The second-order valence-electron chi connectivity index (χ2n) is 7.53. The van der Waals surface area contributed by atoms with E-state index in [9.17, 15) is 13.2 Å². The van der Waals surface area contributed by atoms with E-state index in [1.54, 1.807) is 47.4 Å². The molecule has 3 rings (SSSR count). The number of rotatable bonds is 7. The van der Waals surface area contributed by atoms with Crippen molar-refractivity contribution in [1.82, 2.24) is 14.1 Å². The van der Waals surface area contributed by atoms with Crippen molar-refractivity contribution in [3.05, 3.63) is 64.7 Å². The summed E-state index contributed by atoms with van der Waals surface area (Å²) >= 11 is 6.08. The molecule has 2 aromatic rings. The van der Waals surface area contributed by atoms with Crippen LogP contribution in [0.5, 0.6) is 0 Å². The number of benzene rings is 2. The molecular weight excluding hydrogens is 422 g/mol. The fourth-order valence-corrected chi connectivity index (χ4v) is 5.08. The largest absolute Gasteiger partial charge is 0.339 e. The zero-order valence-electron chi connectivity index (χ0n) is 17.4. The molecular formula is C22H28ClN3O3S. The fourth-order valence-electron chi connectivity index (χ4n) is 3.49. The molecule has 8 heteroatoms. The maximum atomic E-state index is 13.4. The highest BCUT2D eigenvalue weighted by atomic mass is 35.5. The Morgan fingerprint density at radius 1 is 1.07 bits per heavy atom. The van der Waals surface area contributed by atoms with Gasteiger partial charge < -0.3 is 9.80 Å². The molecule has 0 atom stereocenters. The third-order valence-corrected chi connectivity index (χ3v) is 7.43. The minimum Gasteiger partial charge on any atom is -0.339 e. The van der Waals surface area contributed by atoms with Gasteiger partial charge in [0.15, 0.2) is 0 Å². The van der Waals surface area contributed by atoms with Crippen LogP contribution in [0.25, 0.3) is 0 Å². The first-order valence-corrected chi connectivity index (χ1v) is 11.9. The van der Waals surface area contributed by atoms with E-state index in [0.29, 0.717) is 18.1 Å². The molecule has 1 fully saturated rings. The molecule has 162 valence electrons. The minimum atomic E-state index is -3.85. The first-order valence-electron chi connectivity index (χ1n) is 10.1. The van der Waals surface area contributed by atoms with Crippen LogP contribution in [-0.2, 0) is 21.4 Å². The van der Waals surface area contributed by atoms with Gasteiger partial charge in [-0.05, 0) is 43.3 Å². The summed E-state index contributed by atoms with van der Waals surface area (Å²) in [5, 5.41) is 0.530. The Hall–Kier alpha value is -1.93. The average Bonchev–Trinajstić information content (AvgIpc) is 2.73. The van der Waals surface area contributed by atoms with E-state index in [2.05, 4.69) is 11.8 Å². The van der Waals surface area contributed by atoms with Crippen LogP contribution in [0, 0.1) is 6.92 Å². The Balaban J connectivity index is 1.83. The molecule has 0 saturated carbocycles. The summed E-state index contributed by atoms with van der Waals surface area (Å²) in [6.45, 7) is 7.67. The van der Waals surface area contributed by atoms with E-state index < -0.39 is 10.0 Å². The standard InChI is InChI=1S/C22H28ClN3O3S/c1-3-24-11-13-25(14-12-24)22(27)17-26(16-19-5-4-6-20(23)15-19)30(28,29)21-9-7-18(2)8-10-21/h4-10,15H,3,11-14,16-17H2,1-2H3. The normalized spacial score (nSPS) is 15.5. The first-order chi connectivity index (χ1) is 14.3. The molecule has 0 aliphatic carbocycles. The van der Waals surface area contributed by atoms with Crippen LogP contribution in [0.15, 0.2) is 53.4 Å². The van der Waals surface area contributed by atoms with Gasteiger partial charge in [0, 0.05) is 37.7 Å². The number of hydrogen-bond acceptors (Lipinski definition) is 4. The highest BCUT2D eigenvalue weighted by Crippen LogP contribution is 2.21. The van der Waals surface area contributed by atoms with Crippen molar-refractivity contribution in [2.75, 3.05) is 39.3 Å². The lowest BCUT2D eigenvalue weighted by Crippen LogP contribution is -2.51. The number of amides is 1. The lowest BCUT2D eigenvalue weighted by Gasteiger charge is -2.35. The van der Waals surface area contributed by atoms with Gasteiger partial charge in [-0.1, -0.05) is 48.4 Å². The number of likely N-dealkylation sites (N-methyl/N-ethyl adjacent to an activating group) is 1. The number of hydrogen-bond donors (Lipinski definition) is 0. The van der Waals surface area contributed by atoms with Gasteiger partial charge in [-0.3, -0.25) is 4.79 Å². The van der Waals surface area contributed by atoms with Gasteiger partial charge in [0.05, 0.1) is 11.4 Å². The quantitative estimate of drug-likeness (QED) is 0.652. The summed E-state index contributed by atoms with van der Waals surface area (Å²) < 4.78 is 28.0. The molecule has 0 N–H and O–H groups in total. The molecule has 1 saturated heterocycles. The first kappa shape index (κ1) is 22.7. The highest BCUT2D eigenvalue weighted by Gasteiger charge is 2.30. The Morgan fingerprint density at radius 3 is 2.33 bits per heavy atom. The van der Waals surface area contributed by atoms with Crippen molar-refractivity contribution in [3.8, 4) is 0 Å². The lowest BCUT2D eigenvalue weighted by atomic mass is 10.2. The Kier molecular flexibility index (Phi) is 7.52. The molecule has 6 nitrogen and oxygen atoms in total. The average molecular weight is 450 g/mol. The Labute approximate surface area is 184 Å².